The largest absolute Gasteiger partial charge is 0.103 e. The Morgan fingerprint density at radius 2 is 1.25 bits per heavy atom. The smallest absolute Gasteiger partial charge is 0.0382 e. The molecule has 0 aromatic carbocycles. The molecular formula is C12H26. The lowest BCUT2D eigenvalue weighted by atomic mass is 10.3. The fourth-order valence-electron chi connectivity index (χ4n) is 0. The first-order valence-corrected chi connectivity index (χ1v) is 4.74. The maximum atomic E-state index is 3.48. The second-order valence-electron chi connectivity index (χ2n) is 3.10. The Bertz CT molecular complexity index is 71.3. The van der Waals surface area contributed by atoms with Crippen molar-refractivity contribution < 1.29 is 0 Å². The van der Waals surface area contributed by atoms with Gasteiger partial charge >= 0.3 is 0 Å². The summed E-state index contributed by atoms with van der Waals surface area (Å²) >= 11 is 0. The second kappa shape index (κ2) is 22.4. The van der Waals surface area contributed by atoms with E-state index in [4.69, 9.17) is 0 Å². The number of hydrogen-bond donors (Lipinski definition) is 0. The van der Waals surface area contributed by atoms with Crippen molar-refractivity contribution in [2.45, 2.75) is 48.0 Å². The molecule has 0 aliphatic carbocycles. The van der Waals surface area contributed by atoms with Crippen molar-refractivity contribution >= 4 is 0 Å². The summed E-state index contributed by atoms with van der Waals surface area (Å²) in [6.45, 7) is 16.0. The zero-order chi connectivity index (χ0) is 10.4. The van der Waals surface area contributed by atoms with Crippen molar-refractivity contribution in [3.63, 3.8) is 0 Å². The van der Waals surface area contributed by atoms with E-state index >= 15 is 0 Å². The Labute approximate surface area is 79.4 Å². The van der Waals surface area contributed by atoms with E-state index in [1.807, 2.05) is 32.1 Å². The van der Waals surface area contributed by atoms with Gasteiger partial charge in [-0.15, -0.1) is 6.58 Å². The van der Waals surface area contributed by atoms with Crippen LogP contribution in [0.3, 0.4) is 0 Å². The van der Waals surface area contributed by atoms with E-state index in [9.17, 15) is 0 Å². The molecule has 0 saturated carbocycles. The fourth-order valence-corrected chi connectivity index (χ4v) is 0. The lowest BCUT2D eigenvalue weighted by Crippen LogP contribution is -1.66. The van der Waals surface area contributed by atoms with Crippen molar-refractivity contribution in [1.29, 1.82) is 0 Å². The quantitative estimate of drug-likeness (QED) is 0.495. The van der Waals surface area contributed by atoms with E-state index in [-0.39, 0.29) is 0 Å². The third-order valence-corrected chi connectivity index (χ3v) is 0.622. The summed E-state index contributed by atoms with van der Waals surface area (Å²) in [6.07, 6.45) is 6.96. The van der Waals surface area contributed by atoms with Gasteiger partial charge in [0.25, 0.3) is 0 Å². The Kier molecular flexibility index (Phi) is 32.8. The van der Waals surface area contributed by atoms with Gasteiger partial charge in [0.1, 0.15) is 0 Å². The van der Waals surface area contributed by atoms with Crippen LogP contribution in [0.4, 0.5) is 0 Å². The van der Waals surface area contributed by atoms with E-state index in [0.717, 1.165) is 12.3 Å². The summed E-state index contributed by atoms with van der Waals surface area (Å²) in [5.74, 6) is 0.833. The first-order valence-electron chi connectivity index (χ1n) is 4.74. The van der Waals surface area contributed by atoms with E-state index in [0.29, 0.717) is 0 Å². The zero-order valence-corrected chi connectivity index (χ0v) is 9.72. The van der Waals surface area contributed by atoms with Crippen LogP contribution >= 0.6 is 0 Å². The van der Waals surface area contributed by atoms with E-state index in [1.165, 1.54) is 0 Å². The highest BCUT2D eigenvalue weighted by atomic mass is 13.7. The minimum Gasteiger partial charge on any atom is -0.103 e. The van der Waals surface area contributed by atoms with Gasteiger partial charge in [0.2, 0.25) is 0 Å². The maximum absolute atomic E-state index is 3.48. The summed E-state index contributed by atoms with van der Waals surface area (Å²) in [4.78, 5) is 0. The standard InChI is InChI=1S/C4H10.2C4H8/c1-4(2)3;2*1-3-4-2/h4H,1-3H3;3-4H,1-2H3;3H,1,4H2,2H3/b;4-3+;. The summed E-state index contributed by atoms with van der Waals surface area (Å²) < 4.78 is 0. The topological polar surface area (TPSA) is 0 Å². The number of allylic oxidation sites excluding steroid dienone is 3. The first kappa shape index (κ1) is 17.5. The minimum atomic E-state index is 0.833. The molecule has 0 unspecified atom stereocenters. The van der Waals surface area contributed by atoms with Crippen LogP contribution in [0, 0.1) is 5.92 Å². The molecule has 74 valence electrons. The SMILES string of the molecule is C/C=C/C.C=CCC.CC(C)C. The molecule has 0 aromatic rings. The molecule has 0 atom stereocenters. The predicted octanol–water partition coefficient (Wildman–Crippen LogP) is 4.83. The number of rotatable bonds is 1. The highest BCUT2D eigenvalue weighted by molar-refractivity contribution is 4.68. The van der Waals surface area contributed by atoms with E-state index in [2.05, 4.69) is 34.3 Å². The molecule has 0 radical (unpaired) electrons. The first-order chi connectivity index (χ1) is 5.56. The molecule has 0 aliphatic rings. The Morgan fingerprint density at radius 1 is 1.08 bits per heavy atom. The van der Waals surface area contributed by atoms with Crippen LogP contribution in [0.1, 0.15) is 48.0 Å². The van der Waals surface area contributed by atoms with Crippen LogP contribution in [-0.2, 0) is 0 Å². The summed E-state index contributed by atoms with van der Waals surface area (Å²) in [5.41, 5.74) is 0. The second-order valence-corrected chi connectivity index (χ2v) is 3.10. The van der Waals surface area contributed by atoms with Gasteiger partial charge in [-0.25, -0.2) is 0 Å². The molecular weight excluding hydrogens is 144 g/mol. The van der Waals surface area contributed by atoms with Crippen molar-refractivity contribution in [3.8, 4) is 0 Å². The van der Waals surface area contributed by atoms with Crippen LogP contribution in [-0.4, -0.2) is 0 Å². The van der Waals surface area contributed by atoms with E-state index in [1.54, 1.807) is 0 Å². The minimum absolute atomic E-state index is 0.833. The summed E-state index contributed by atoms with van der Waals surface area (Å²) in [5, 5.41) is 0. The van der Waals surface area contributed by atoms with Crippen molar-refractivity contribution in [2.24, 2.45) is 5.92 Å². The molecule has 0 heteroatoms. The Hall–Kier alpha value is -0.520. The zero-order valence-electron chi connectivity index (χ0n) is 9.72. The average Bonchev–Trinajstić information content (AvgIpc) is 2.03. The lowest BCUT2D eigenvalue weighted by molar-refractivity contribution is 0.737. The fraction of sp³-hybridized carbons (Fsp3) is 0.667. The van der Waals surface area contributed by atoms with Crippen LogP contribution in [0.25, 0.3) is 0 Å². The van der Waals surface area contributed by atoms with Crippen LogP contribution in [0.15, 0.2) is 24.8 Å². The number of hydrogen-bond acceptors (Lipinski definition) is 0. The maximum Gasteiger partial charge on any atom is -0.0382 e. The average molecular weight is 170 g/mol. The Morgan fingerprint density at radius 3 is 1.25 bits per heavy atom. The van der Waals surface area contributed by atoms with Gasteiger partial charge in [-0.05, 0) is 26.2 Å². The lowest BCUT2D eigenvalue weighted by Gasteiger charge is -1.79. The molecule has 0 nitrogen and oxygen atoms in total. The van der Waals surface area contributed by atoms with Crippen LogP contribution in [0.2, 0.25) is 0 Å². The molecule has 0 aliphatic heterocycles. The highest BCUT2D eigenvalue weighted by Crippen LogP contribution is 1.81. The summed E-state index contributed by atoms with van der Waals surface area (Å²) in [7, 11) is 0. The van der Waals surface area contributed by atoms with Gasteiger partial charge in [0, 0.05) is 0 Å². The third kappa shape index (κ3) is 311. The van der Waals surface area contributed by atoms with Crippen LogP contribution in [0.5, 0.6) is 0 Å². The van der Waals surface area contributed by atoms with Gasteiger partial charge in [0.15, 0.2) is 0 Å². The van der Waals surface area contributed by atoms with Gasteiger partial charge in [0.05, 0.1) is 0 Å². The van der Waals surface area contributed by atoms with Gasteiger partial charge < -0.3 is 0 Å². The monoisotopic (exact) mass is 170 g/mol. The van der Waals surface area contributed by atoms with Gasteiger partial charge in [-0.1, -0.05) is 45.9 Å². The molecule has 12 heavy (non-hydrogen) atoms. The summed E-state index contributed by atoms with van der Waals surface area (Å²) in [6, 6.07) is 0. The third-order valence-electron chi connectivity index (χ3n) is 0.622. The van der Waals surface area contributed by atoms with Crippen molar-refractivity contribution in [1.82, 2.24) is 0 Å². The molecule has 0 saturated heterocycles. The van der Waals surface area contributed by atoms with Crippen molar-refractivity contribution in [3.05, 3.63) is 24.8 Å². The van der Waals surface area contributed by atoms with Crippen molar-refractivity contribution in [2.75, 3.05) is 0 Å². The molecule has 0 spiro atoms. The van der Waals surface area contributed by atoms with Gasteiger partial charge in [-0.2, -0.15) is 0 Å². The molecule has 0 fully saturated rings. The van der Waals surface area contributed by atoms with E-state index < -0.39 is 0 Å². The molecule has 0 rings (SSSR count). The van der Waals surface area contributed by atoms with Gasteiger partial charge in [-0.3, -0.25) is 0 Å². The predicted molar refractivity (Wildman–Crippen MR) is 61.5 cm³/mol. The molecule has 0 aromatic heterocycles. The highest BCUT2D eigenvalue weighted by Gasteiger charge is 1.68. The molecule has 0 amide bonds. The Balaban J connectivity index is -0.000000101. The molecule has 0 N–H and O–H groups in total. The van der Waals surface area contributed by atoms with Crippen LogP contribution < -0.4 is 0 Å². The molecule has 0 heterocycles. The normalized spacial score (nSPS) is 8.25. The molecule has 0 bridgehead atoms.